The fourth-order valence-electron chi connectivity index (χ4n) is 1.10. The monoisotopic (exact) mass is 183 g/mol. The average molecular weight is 183 g/mol. The normalized spacial score (nSPS) is 12.8. The van der Waals surface area contributed by atoms with E-state index in [0.29, 0.717) is 13.1 Å². The Labute approximate surface area is 77.4 Å². The van der Waals surface area contributed by atoms with Crippen LogP contribution in [0.5, 0.6) is 0 Å². The van der Waals surface area contributed by atoms with Crippen molar-refractivity contribution in [3.05, 3.63) is 35.9 Å². The van der Waals surface area contributed by atoms with Gasteiger partial charge >= 0.3 is 0 Å². The van der Waals surface area contributed by atoms with E-state index in [9.17, 15) is 9.50 Å². The molecule has 0 saturated carbocycles. The molecule has 2 N–H and O–H groups in total. The van der Waals surface area contributed by atoms with Crippen molar-refractivity contribution in [1.82, 2.24) is 5.32 Å². The van der Waals surface area contributed by atoms with Gasteiger partial charge in [-0.25, -0.2) is 4.39 Å². The van der Waals surface area contributed by atoms with Crippen LogP contribution in [0.1, 0.15) is 11.7 Å². The number of halogens is 1. The van der Waals surface area contributed by atoms with E-state index in [1.165, 1.54) is 0 Å². The summed E-state index contributed by atoms with van der Waals surface area (Å²) in [5.41, 5.74) is 0.855. The van der Waals surface area contributed by atoms with Crippen LogP contribution in [0.4, 0.5) is 4.39 Å². The van der Waals surface area contributed by atoms with Gasteiger partial charge in [-0.1, -0.05) is 30.3 Å². The topological polar surface area (TPSA) is 32.3 Å². The maximum absolute atomic E-state index is 11.7. The van der Waals surface area contributed by atoms with E-state index in [1.54, 1.807) is 0 Å². The minimum atomic E-state index is -0.548. The zero-order chi connectivity index (χ0) is 9.52. The van der Waals surface area contributed by atoms with Crippen molar-refractivity contribution in [2.24, 2.45) is 0 Å². The molecule has 0 spiro atoms. The Morgan fingerprint density at radius 3 is 2.62 bits per heavy atom. The van der Waals surface area contributed by atoms with Crippen molar-refractivity contribution in [2.75, 3.05) is 19.8 Å². The lowest BCUT2D eigenvalue weighted by molar-refractivity contribution is 0.174. The van der Waals surface area contributed by atoms with Crippen LogP contribution in [0.15, 0.2) is 30.3 Å². The fraction of sp³-hybridized carbons (Fsp3) is 0.400. The summed E-state index contributed by atoms with van der Waals surface area (Å²) in [6.45, 7) is 0.291. The smallest absolute Gasteiger partial charge is 0.102 e. The predicted octanol–water partition coefficient (Wildman–Crippen LogP) is 1.28. The highest BCUT2D eigenvalue weighted by Gasteiger charge is 2.04. The van der Waals surface area contributed by atoms with Crippen molar-refractivity contribution in [1.29, 1.82) is 0 Å². The molecule has 1 unspecified atom stereocenters. The Hall–Kier alpha value is -0.930. The second kappa shape index (κ2) is 5.67. The summed E-state index contributed by atoms with van der Waals surface area (Å²) in [7, 11) is 0. The van der Waals surface area contributed by atoms with Gasteiger partial charge in [0.05, 0.1) is 6.10 Å². The molecular formula is C10H14FNO. The number of rotatable bonds is 5. The molecule has 13 heavy (non-hydrogen) atoms. The third-order valence-corrected chi connectivity index (χ3v) is 1.79. The van der Waals surface area contributed by atoms with Gasteiger partial charge in [-0.3, -0.25) is 0 Å². The van der Waals surface area contributed by atoms with Crippen molar-refractivity contribution in [3.8, 4) is 0 Å². The van der Waals surface area contributed by atoms with Crippen LogP contribution in [0, 0.1) is 0 Å². The number of nitrogens with one attached hydrogen (secondary N) is 1. The summed E-state index contributed by atoms with van der Waals surface area (Å²) in [4.78, 5) is 0. The summed E-state index contributed by atoms with van der Waals surface area (Å²) in [5.74, 6) is 0. The second-order valence-corrected chi connectivity index (χ2v) is 2.82. The first-order valence-electron chi connectivity index (χ1n) is 4.34. The summed E-state index contributed by atoms with van der Waals surface area (Å²) in [5, 5.41) is 12.4. The molecule has 0 bridgehead atoms. The molecule has 0 amide bonds. The Morgan fingerprint density at radius 2 is 2.00 bits per heavy atom. The molecule has 0 aromatic heterocycles. The number of aliphatic hydroxyl groups excluding tert-OH is 1. The molecule has 1 aromatic carbocycles. The molecule has 0 radical (unpaired) electrons. The molecule has 3 heteroatoms. The minimum absolute atomic E-state index is 0.296. The Morgan fingerprint density at radius 1 is 1.31 bits per heavy atom. The van der Waals surface area contributed by atoms with E-state index in [2.05, 4.69) is 5.32 Å². The second-order valence-electron chi connectivity index (χ2n) is 2.82. The van der Waals surface area contributed by atoms with Crippen molar-refractivity contribution in [2.45, 2.75) is 6.10 Å². The van der Waals surface area contributed by atoms with Gasteiger partial charge in [0, 0.05) is 13.1 Å². The molecule has 1 rings (SSSR count). The molecule has 0 fully saturated rings. The highest BCUT2D eigenvalue weighted by molar-refractivity contribution is 5.17. The molecule has 0 aliphatic rings. The maximum Gasteiger partial charge on any atom is 0.102 e. The number of hydrogen-bond acceptors (Lipinski definition) is 2. The van der Waals surface area contributed by atoms with Gasteiger partial charge in [0.15, 0.2) is 0 Å². The molecule has 1 aromatic rings. The highest BCUT2D eigenvalue weighted by atomic mass is 19.1. The van der Waals surface area contributed by atoms with Crippen LogP contribution in [0.2, 0.25) is 0 Å². The zero-order valence-electron chi connectivity index (χ0n) is 7.41. The number of hydrogen-bond donors (Lipinski definition) is 2. The molecule has 1 atom stereocenters. The molecule has 0 saturated heterocycles. The quantitative estimate of drug-likeness (QED) is 0.674. The van der Waals surface area contributed by atoms with Crippen LogP contribution in [-0.4, -0.2) is 24.9 Å². The van der Waals surface area contributed by atoms with Gasteiger partial charge in [-0.05, 0) is 5.56 Å². The predicted molar refractivity (Wildman–Crippen MR) is 50.2 cm³/mol. The number of alkyl halides is 1. The van der Waals surface area contributed by atoms with Crippen molar-refractivity contribution >= 4 is 0 Å². The summed E-state index contributed by atoms with van der Waals surface area (Å²) in [6.07, 6.45) is -0.548. The Kier molecular flexibility index (Phi) is 4.43. The lowest BCUT2D eigenvalue weighted by atomic mass is 10.1. The van der Waals surface area contributed by atoms with Crippen LogP contribution < -0.4 is 5.32 Å². The van der Waals surface area contributed by atoms with E-state index in [0.717, 1.165) is 5.56 Å². The number of benzene rings is 1. The molecule has 0 aliphatic carbocycles. The van der Waals surface area contributed by atoms with Gasteiger partial charge in [0.25, 0.3) is 0 Å². The van der Waals surface area contributed by atoms with Gasteiger partial charge in [0.2, 0.25) is 0 Å². The van der Waals surface area contributed by atoms with Crippen molar-refractivity contribution < 1.29 is 9.50 Å². The first-order valence-corrected chi connectivity index (χ1v) is 4.34. The zero-order valence-corrected chi connectivity index (χ0v) is 7.41. The molecule has 0 aliphatic heterocycles. The van der Waals surface area contributed by atoms with Gasteiger partial charge in [-0.15, -0.1) is 0 Å². The van der Waals surface area contributed by atoms with Crippen LogP contribution >= 0.6 is 0 Å². The number of aliphatic hydroxyl groups is 1. The largest absolute Gasteiger partial charge is 0.387 e. The van der Waals surface area contributed by atoms with E-state index < -0.39 is 12.8 Å². The maximum atomic E-state index is 11.7. The Bertz CT molecular complexity index is 228. The van der Waals surface area contributed by atoms with Crippen molar-refractivity contribution in [3.63, 3.8) is 0 Å². The van der Waals surface area contributed by atoms with Crippen LogP contribution in [0.25, 0.3) is 0 Å². The van der Waals surface area contributed by atoms with E-state index >= 15 is 0 Å². The Balaban J connectivity index is 2.35. The lowest BCUT2D eigenvalue weighted by Gasteiger charge is -2.10. The summed E-state index contributed by atoms with van der Waals surface area (Å²) in [6, 6.07) is 9.33. The highest BCUT2D eigenvalue weighted by Crippen LogP contribution is 2.09. The van der Waals surface area contributed by atoms with E-state index in [-0.39, 0.29) is 0 Å². The van der Waals surface area contributed by atoms with Crippen LogP contribution in [-0.2, 0) is 0 Å². The first kappa shape index (κ1) is 10.2. The van der Waals surface area contributed by atoms with E-state index in [1.807, 2.05) is 30.3 Å². The molecule has 2 nitrogen and oxygen atoms in total. The standard InChI is InChI=1S/C10H14FNO/c11-6-7-12-8-10(13)9-4-2-1-3-5-9/h1-5,10,12-13H,6-8H2. The first-order chi connectivity index (χ1) is 6.34. The lowest BCUT2D eigenvalue weighted by Crippen LogP contribution is -2.23. The minimum Gasteiger partial charge on any atom is -0.387 e. The molecule has 72 valence electrons. The van der Waals surface area contributed by atoms with Gasteiger partial charge in [-0.2, -0.15) is 0 Å². The average Bonchev–Trinajstić information content (AvgIpc) is 2.19. The third kappa shape index (κ3) is 3.53. The van der Waals surface area contributed by atoms with Gasteiger partial charge in [0.1, 0.15) is 6.67 Å². The summed E-state index contributed by atoms with van der Waals surface area (Å²) >= 11 is 0. The van der Waals surface area contributed by atoms with Crippen LogP contribution in [0.3, 0.4) is 0 Å². The molecule has 0 heterocycles. The fourth-order valence-corrected chi connectivity index (χ4v) is 1.10. The molecular weight excluding hydrogens is 169 g/mol. The van der Waals surface area contributed by atoms with E-state index in [4.69, 9.17) is 0 Å². The SMILES string of the molecule is OC(CNCCF)c1ccccc1. The third-order valence-electron chi connectivity index (χ3n) is 1.79. The summed E-state index contributed by atoms with van der Waals surface area (Å²) < 4.78 is 11.7. The van der Waals surface area contributed by atoms with Gasteiger partial charge < -0.3 is 10.4 Å².